The van der Waals surface area contributed by atoms with Crippen LogP contribution in [0.2, 0.25) is 0 Å². The van der Waals surface area contributed by atoms with Gasteiger partial charge in [-0.3, -0.25) is 9.13 Å². The minimum atomic E-state index is 0.836. The molecule has 0 saturated heterocycles. The van der Waals surface area contributed by atoms with E-state index in [0.717, 1.165) is 52.1 Å². The third-order valence-electron chi connectivity index (χ3n) is 11.9. The van der Waals surface area contributed by atoms with E-state index in [-0.39, 0.29) is 0 Å². The molecule has 11 aromatic rings. The molecule has 0 spiro atoms. The van der Waals surface area contributed by atoms with Crippen molar-refractivity contribution >= 4 is 91.8 Å². The molecule has 12 rings (SSSR count). The van der Waals surface area contributed by atoms with Gasteiger partial charge in [0.2, 0.25) is 0 Å². The van der Waals surface area contributed by atoms with Gasteiger partial charge in [-0.2, -0.15) is 0 Å². The Bertz CT molecular complexity index is 3510. The second-order valence-electron chi connectivity index (χ2n) is 15.2. The quantitative estimate of drug-likeness (QED) is 0.171. The van der Waals surface area contributed by atoms with Crippen LogP contribution in [-0.4, -0.2) is 14.1 Å². The summed E-state index contributed by atoms with van der Waals surface area (Å²) in [6, 6.07) is 53.5. The van der Waals surface area contributed by atoms with Crippen molar-refractivity contribution in [1.29, 1.82) is 0 Å². The molecule has 0 unspecified atom stereocenters. The normalized spacial score (nSPS) is 12.9. The van der Waals surface area contributed by atoms with Gasteiger partial charge in [0, 0.05) is 51.5 Å². The Balaban J connectivity index is 1.11. The number of hydrogen-bond donors (Lipinski definition) is 0. The fourth-order valence-corrected chi connectivity index (χ4v) is 11.4. The summed E-state index contributed by atoms with van der Waals surface area (Å²) in [5.41, 5.74) is 12.6. The molecule has 4 heterocycles. The zero-order valence-electron chi connectivity index (χ0n) is 31.3. The Morgan fingerprint density at radius 3 is 1.98 bits per heavy atom. The van der Waals surface area contributed by atoms with Crippen LogP contribution in [0.15, 0.2) is 158 Å². The number of para-hydroxylation sites is 2. The van der Waals surface area contributed by atoms with Gasteiger partial charge >= 0.3 is 0 Å². The number of nitrogens with zero attached hydrogens (tertiary/aromatic N) is 3. The Morgan fingerprint density at radius 1 is 0.561 bits per heavy atom. The molecule has 0 N–H and O–H groups in total. The molecule has 0 bridgehead atoms. The number of allylic oxidation sites excluding steroid dienone is 1. The minimum Gasteiger partial charge on any atom is -0.295 e. The summed E-state index contributed by atoms with van der Waals surface area (Å²) in [5.74, 6) is 1.72. The molecule has 3 nitrogen and oxygen atoms in total. The number of fused-ring (bicyclic) bond motifs is 10. The Labute approximate surface area is 337 Å². The van der Waals surface area contributed by atoms with Gasteiger partial charge in [-0.1, -0.05) is 110 Å². The van der Waals surface area contributed by atoms with E-state index >= 15 is 0 Å². The van der Waals surface area contributed by atoms with Crippen molar-refractivity contribution in [1.82, 2.24) is 14.1 Å². The van der Waals surface area contributed by atoms with Crippen LogP contribution in [0.25, 0.3) is 103 Å². The predicted octanol–water partition coefficient (Wildman–Crippen LogP) is 14.8. The second-order valence-corrected chi connectivity index (χ2v) is 17.4. The van der Waals surface area contributed by atoms with Gasteiger partial charge in [0.1, 0.15) is 11.6 Å². The van der Waals surface area contributed by atoms with Crippen LogP contribution < -0.4 is 0 Å². The highest BCUT2D eigenvalue weighted by Gasteiger charge is 2.22. The van der Waals surface area contributed by atoms with E-state index in [1.165, 1.54) is 79.3 Å². The predicted molar refractivity (Wildman–Crippen MR) is 246 cm³/mol. The van der Waals surface area contributed by atoms with Gasteiger partial charge in [-0.15, -0.1) is 22.7 Å². The number of aromatic nitrogens is 3. The second kappa shape index (κ2) is 12.5. The molecule has 5 heteroatoms. The summed E-state index contributed by atoms with van der Waals surface area (Å²) in [5, 5.41) is 6.34. The molecule has 0 saturated carbocycles. The monoisotopic (exact) mass is 765 g/mol. The standard InChI is InChI=1S/C52H35N3S2/c1-31-11-3-4-12-37(31)52-53-44-15-7-8-16-45(44)55(52)32(2)54-46-29-35(33-21-25-50-42(27-33)40-13-5-9-17-48(40)56-50)19-23-38(46)39-24-20-36(30-47(39)54)34-22-26-51-43(28-34)41-14-6-10-18-49(41)57-51/h3-9,11-17,19-30H,2,10,18H2,1H3. The molecular formula is C52H35N3S2. The van der Waals surface area contributed by atoms with Gasteiger partial charge < -0.3 is 0 Å². The average molecular weight is 766 g/mol. The maximum absolute atomic E-state index is 5.26. The molecule has 7 aromatic carbocycles. The molecule has 0 radical (unpaired) electrons. The Morgan fingerprint density at radius 2 is 1.19 bits per heavy atom. The summed E-state index contributed by atoms with van der Waals surface area (Å²) < 4.78 is 8.62. The van der Waals surface area contributed by atoms with Gasteiger partial charge in [-0.25, -0.2) is 4.98 Å². The molecular weight excluding hydrogens is 731 g/mol. The van der Waals surface area contributed by atoms with Crippen LogP contribution >= 0.6 is 22.7 Å². The lowest BCUT2D eigenvalue weighted by Crippen LogP contribution is -2.12. The zero-order valence-corrected chi connectivity index (χ0v) is 32.9. The average Bonchev–Trinajstić information content (AvgIpc) is 4.01. The molecule has 270 valence electrons. The van der Waals surface area contributed by atoms with E-state index in [2.05, 4.69) is 174 Å². The van der Waals surface area contributed by atoms with Crippen LogP contribution in [0.1, 0.15) is 22.4 Å². The molecule has 4 aromatic heterocycles. The van der Waals surface area contributed by atoms with Crippen molar-refractivity contribution in [3.63, 3.8) is 0 Å². The molecule has 0 amide bonds. The van der Waals surface area contributed by atoms with Gasteiger partial charge in [0.25, 0.3) is 0 Å². The molecule has 0 atom stereocenters. The van der Waals surface area contributed by atoms with E-state index < -0.39 is 0 Å². The van der Waals surface area contributed by atoms with Crippen molar-refractivity contribution in [2.75, 3.05) is 0 Å². The maximum Gasteiger partial charge on any atom is 0.147 e. The Kier molecular flexibility index (Phi) is 7.16. The molecule has 1 aliphatic carbocycles. The highest BCUT2D eigenvalue weighted by atomic mass is 32.1. The third-order valence-corrected chi connectivity index (χ3v) is 14.3. The number of aryl methyl sites for hydroxylation is 2. The van der Waals surface area contributed by atoms with Crippen LogP contribution in [0, 0.1) is 12.7 Å². The van der Waals surface area contributed by atoms with Crippen molar-refractivity contribution in [3.8, 4) is 33.6 Å². The first-order valence-corrected chi connectivity index (χ1v) is 21.2. The molecule has 0 fully saturated rings. The van der Waals surface area contributed by atoms with Gasteiger partial charge in [0.15, 0.2) is 0 Å². The third kappa shape index (κ3) is 4.99. The van der Waals surface area contributed by atoms with E-state index in [0.29, 0.717) is 0 Å². The van der Waals surface area contributed by atoms with Crippen molar-refractivity contribution < 1.29 is 0 Å². The fraction of sp³-hybridized carbons (Fsp3) is 0.0577. The van der Waals surface area contributed by atoms with E-state index in [4.69, 9.17) is 11.6 Å². The lowest BCUT2D eigenvalue weighted by molar-refractivity contribution is 0.829. The topological polar surface area (TPSA) is 22.8 Å². The number of rotatable bonds is 5. The Hall–Kier alpha value is -6.53. The van der Waals surface area contributed by atoms with Crippen molar-refractivity contribution in [2.45, 2.75) is 19.8 Å². The summed E-state index contributed by atoms with van der Waals surface area (Å²) in [4.78, 5) is 6.75. The van der Waals surface area contributed by atoms with Crippen molar-refractivity contribution in [2.24, 2.45) is 0 Å². The summed E-state index contributed by atoms with van der Waals surface area (Å²) >= 11 is 3.80. The lowest BCUT2D eigenvalue weighted by Gasteiger charge is -2.17. The largest absolute Gasteiger partial charge is 0.295 e. The first-order valence-electron chi connectivity index (χ1n) is 19.5. The van der Waals surface area contributed by atoms with E-state index in [1.54, 1.807) is 0 Å². The number of thiophene rings is 2. The van der Waals surface area contributed by atoms with Gasteiger partial charge in [-0.05, 0) is 108 Å². The lowest BCUT2D eigenvalue weighted by atomic mass is 9.98. The first kappa shape index (κ1) is 32.7. The molecule has 57 heavy (non-hydrogen) atoms. The summed E-state index contributed by atoms with van der Waals surface area (Å²) in [7, 11) is 0. The zero-order chi connectivity index (χ0) is 37.8. The smallest absolute Gasteiger partial charge is 0.147 e. The van der Waals surface area contributed by atoms with Crippen LogP contribution in [-0.2, 0) is 6.42 Å². The number of imidazole rings is 1. The highest BCUT2D eigenvalue weighted by molar-refractivity contribution is 7.25. The van der Waals surface area contributed by atoms with Crippen LogP contribution in [0.5, 0.6) is 0 Å². The fourth-order valence-electron chi connectivity index (χ4n) is 9.08. The SMILES string of the molecule is C=C(n1c(-c2ccccc2C)nc2ccccc21)n1c2cc(-c3ccc4sc5c(c4c3)C=CCC5)ccc2c2ccc(-c3ccc4sc5ccccc5c4c3)cc21. The van der Waals surface area contributed by atoms with Crippen molar-refractivity contribution in [3.05, 3.63) is 180 Å². The summed E-state index contributed by atoms with van der Waals surface area (Å²) in [6.07, 6.45) is 6.89. The highest BCUT2D eigenvalue weighted by Crippen LogP contribution is 2.42. The number of hydrogen-bond acceptors (Lipinski definition) is 3. The maximum atomic E-state index is 5.26. The van der Waals surface area contributed by atoms with E-state index in [9.17, 15) is 0 Å². The van der Waals surface area contributed by atoms with Gasteiger partial charge in [0.05, 0.1) is 22.1 Å². The number of benzene rings is 7. The first-order chi connectivity index (χ1) is 28.1. The minimum absolute atomic E-state index is 0.836. The van der Waals surface area contributed by atoms with Crippen LogP contribution in [0.3, 0.4) is 0 Å². The van der Waals surface area contributed by atoms with E-state index in [1.807, 2.05) is 22.7 Å². The summed E-state index contributed by atoms with van der Waals surface area (Å²) in [6.45, 7) is 7.10. The van der Waals surface area contributed by atoms with Crippen LogP contribution in [0.4, 0.5) is 0 Å². The molecule has 1 aliphatic rings. The molecule has 0 aliphatic heterocycles.